The quantitative estimate of drug-likeness (QED) is 0.574. The van der Waals surface area contributed by atoms with E-state index in [0.29, 0.717) is 28.2 Å². The normalized spacial score (nSPS) is 10.6. The first-order valence-electron chi connectivity index (χ1n) is 8.52. The lowest BCUT2D eigenvalue weighted by Gasteiger charge is -2.07. The Hall–Kier alpha value is -4.18. The average molecular weight is 369 g/mol. The fraction of sp³-hybridized carbons (Fsp3) is 0.0476. The lowest BCUT2D eigenvalue weighted by Crippen LogP contribution is -2.05. The first kappa shape index (κ1) is 17.2. The van der Waals surface area contributed by atoms with E-state index < -0.39 is 0 Å². The molecule has 0 spiro atoms. The Labute approximate surface area is 160 Å². The molecule has 0 fully saturated rings. The third-order valence-corrected chi connectivity index (χ3v) is 4.25. The van der Waals surface area contributed by atoms with Gasteiger partial charge >= 0.3 is 0 Å². The molecule has 2 aromatic heterocycles. The predicted octanol–water partition coefficient (Wildman–Crippen LogP) is 3.60. The van der Waals surface area contributed by atoms with Crippen LogP contribution < -0.4 is 5.32 Å². The maximum Gasteiger partial charge on any atom is 0.221 e. The van der Waals surface area contributed by atoms with Crippen LogP contribution in [0.15, 0.2) is 60.8 Å². The molecule has 0 unspecified atom stereocenters. The van der Waals surface area contributed by atoms with Gasteiger partial charge in [0.05, 0.1) is 5.69 Å². The summed E-state index contributed by atoms with van der Waals surface area (Å²) in [6.07, 6.45) is 1.62. The maximum absolute atomic E-state index is 11.3. The average Bonchev–Trinajstić information content (AvgIpc) is 3.07. The van der Waals surface area contributed by atoms with Gasteiger partial charge in [-0.25, -0.2) is 9.50 Å². The molecule has 4 rings (SSSR count). The van der Waals surface area contributed by atoms with Crippen LogP contribution in [-0.4, -0.2) is 25.6 Å². The van der Waals surface area contributed by atoms with Crippen LogP contribution in [0.5, 0.6) is 5.75 Å². The number of rotatable bonds is 3. The minimum atomic E-state index is -0.155. The number of nitrogens with one attached hydrogen (secondary N) is 1. The van der Waals surface area contributed by atoms with E-state index in [1.54, 1.807) is 47.1 Å². The number of benzene rings is 2. The predicted molar refractivity (Wildman–Crippen MR) is 105 cm³/mol. The number of fused-ring (bicyclic) bond motifs is 1. The fourth-order valence-electron chi connectivity index (χ4n) is 3.05. The van der Waals surface area contributed by atoms with Crippen LogP contribution >= 0.6 is 0 Å². The number of hydrogen-bond acceptors (Lipinski definition) is 5. The van der Waals surface area contributed by atoms with Gasteiger partial charge in [-0.05, 0) is 42.5 Å². The summed E-state index contributed by atoms with van der Waals surface area (Å²) in [7, 11) is 0. The van der Waals surface area contributed by atoms with Gasteiger partial charge in [-0.2, -0.15) is 10.4 Å². The van der Waals surface area contributed by atoms with Gasteiger partial charge in [0.2, 0.25) is 5.91 Å². The Bertz CT molecular complexity index is 1240. The summed E-state index contributed by atoms with van der Waals surface area (Å²) in [5.74, 6) is -0.0166. The molecule has 7 heteroatoms. The van der Waals surface area contributed by atoms with Gasteiger partial charge in [-0.3, -0.25) is 4.79 Å². The van der Waals surface area contributed by atoms with Gasteiger partial charge in [-0.15, -0.1) is 0 Å². The Morgan fingerprint density at radius 2 is 1.93 bits per heavy atom. The van der Waals surface area contributed by atoms with Gasteiger partial charge in [-0.1, -0.05) is 12.1 Å². The lowest BCUT2D eigenvalue weighted by atomic mass is 10.1. The van der Waals surface area contributed by atoms with Crippen molar-refractivity contribution in [3.8, 4) is 34.3 Å². The van der Waals surface area contributed by atoms with Crippen molar-refractivity contribution < 1.29 is 9.90 Å². The number of hydrogen-bond donors (Lipinski definition) is 2. The first-order chi connectivity index (χ1) is 13.6. The van der Waals surface area contributed by atoms with Crippen molar-refractivity contribution >= 4 is 17.2 Å². The van der Waals surface area contributed by atoms with E-state index in [1.165, 1.54) is 6.92 Å². The van der Waals surface area contributed by atoms with Crippen LogP contribution in [0.4, 0.5) is 5.69 Å². The van der Waals surface area contributed by atoms with Gasteiger partial charge in [0.15, 0.2) is 5.65 Å². The van der Waals surface area contributed by atoms with Crippen LogP contribution in [-0.2, 0) is 4.79 Å². The monoisotopic (exact) mass is 369 g/mol. The molecule has 4 aromatic rings. The second-order valence-corrected chi connectivity index (χ2v) is 6.21. The summed E-state index contributed by atoms with van der Waals surface area (Å²) in [6, 6.07) is 17.9. The van der Waals surface area contributed by atoms with E-state index in [-0.39, 0.29) is 11.7 Å². The molecule has 0 aliphatic rings. The number of aromatic hydroxyl groups is 1. The molecule has 0 atom stereocenters. The summed E-state index contributed by atoms with van der Waals surface area (Å²) < 4.78 is 1.62. The number of carbonyl (C=O) groups excluding carboxylic acids is 1. The Morgan fingerprint density at radius 3 is 2.64 bits per heavy atom. The zero-order valence-electron chi connectivity index (χ0n) is 14.9. The molecule has 7 nitrogen and oxygen atoms in total. The molecule has 2 aromatic carbocycles. The molecule has 136 valence electrons. The van der Waals surface area contributed by atoms with Crippen molar-refractivity contribution in [2.45, 2.75) is 6.92 Å². The number of carbonyl (C=O) groups is 1. The molecular weight excluding hydrogens is 354 g/mol. The molecule has 2 heterocycles. The zero-order chi connectivity index (χ0) is 19.7. The maximum atomic E-state index is 11.3. The summed E-state index contributed by atoms with van der Waals surface area (Å²) >= 11 is 0. The van der Waals surface area contributed by atoms with Gasteiger partial charge in [0.25, 0.3) is 0 Å². The van der Waals surface area contributed by atoms with Crippen molar-refractivity contribution in [1.82, 2.24) is 14.6 Å². The third kappa shape index (κ3) is 3.04. The smallest absolute Gasteiger partial charge is 0.221 e. The van der Waals surface area contributed by atoms with Crippen molar-refractivity contribution in [2.24, 2.45) is 0 Å². The van der Waals surface area contributed by atoms with Crippen LogP contribution in [0.1, 0.15) is 12.5 Å². The number of phenols is 1. The third-order valence-electron chi connectivity index (χ3n) is 4.25. The van der Waals surface area contributed by atoms with Crippen LogP contribution in [0, 0.1) is 11.3 Å². The number of phenolic OH excluding ortho intramolecular Hbond substituents is 1. The van der Waals surface area contributed by atoms with Crippen molar-refractivity contribution in [2.75, 3.05) is 5.32 Å². The molecule has 0 aliphatic carbocycles. The Balaban J connectivity index is 1.91. The van der Waals surface area contributed by atoms with Crippen LogP contribution in [0.3, 0.4) is 0 Å². The number of nitriles is 1. The van der Waals surface area contributed by atoms with Crippen LogP contribution in [0.25, 0.3) is 28.2 Å². The lowest BCUT2D eigenvalue weighted by molar-refractivity contribution is -0.114. The number of aromatic nitrogens is 3. The highest BCUT2D eigenvalue weighted by molar-refractivity contribution is 5.89. The van der Waals surface area contributed by atoms with E-state index in [1.807, 2.05) is 18.2 Å². The summed E-state index contributed by atoms with van der Waals surface area (Å²) in [5, 5.41) is 26.6. The zero-order valence-corrected chi connectivity index (χ0v) is 14.9. The highest BCUT2D eigenvalue weighted by atomic mass is 16.3. The molecule has 0 saturated heterocycles. The summed E-state index contributed by atoms with van der Waals surface area (Å²) in [4.78, 5) is 15.7. The van der Waals surface area contributed by atoms with E-state index in [4.69, 9.17) is 0 Å². The second-order valence-electron chi connectivity index (χ2n) is 6.21. The fourth-order valence-corrected chi connectivity index (χ4v) is 3.05. The van der Waals surface area contributed by atoms with E-state index in [2.05, 4.69) is 21.5 Å². The molecule has 0 saturated carbocycles. The van der Waals surface area contributed by atoms with Gasteiger partial charge in [0, 0.05) is 29.9 Å². The molecule has 2 N–H and O–H groups in total. The molecular formula is C21H15N5O2. The van der Waals surface area contributed by atoms with Gasteiger partial charge < -0.3 is 10.4 Å². The van der Waals surface area contributed by atoms with Crippen molar-refractivity contribution in [1.29, 1.82) is 5.26 Å². The Kier molecular flexibility index (Phi) is 4.22. The largest absolute Gasteiger partial charge is 0.508 e. The van der Waals surface area contributed by atoms with Gasteiger partial charge in [0.1, 0.15) is 23.1 Å². The highest BCUT2D eigenvalue weighted by Gasteiger charge is 2.18. The molecule has 0 bridgehead atoms. The Morgan fingerprint density at radius 1 is 1.14 bits per heavy atom. The standard InChI is InChI=1S/C21H15N5O2/c1-13(27)24-16-4-2-3-15(11-16)19-9-10-23-21-18(12-22)20(25-26(19)21)14-5-7-17(28)8-6-14/h2-11,28H,1H3,(H,24,27). The molecule has 0 aliphatic heterocycles. The molecule has 1 amide bonds. The van der Waals surface area contributed by atoms with Crippen LogP contribution in [0.2, 0.25) is 0 Å². The molecule has 0 radical (unpaired) electrons. The summed E-state index contributed by atoms with van der Waals surface area (Å²) in [6.45, 7) is 1.45. The van der Waals surface area contributed by atoms with Crippen molar-refractivity contribution in [3.05, 3.63) is 66.4 Å². The van der Waals surface area contributed by atoms with E-state index in [0.717, 1.165) is 11.3 Å². The molecule has 28 heavy (non-hydrogen) atoms. The minimum Gasteiger partial charge on any atom is -0.508 e. The number of amides is 1. The van der Waals surface area contributed by atoms with E-state index >= 15 is 0 Å². The topological polar surface area (TPSA) is 103 Å². The first-order valence-corrected chi connectivity index (χ1v) is 8.52. The second kappa shape index (κ2) is 6.85. The number of nitrogens with zero attached hydrogens (tertiary/aromatic N) is 4. The van der Waals surface area contributed by atoms with Crippen molar-refractivity contribution in [3.63, 3.8) is 0 Å². The number of anilines is 1. The highest BCUT2D eigenvalue weighted by Crippen LogP contribution is 2.29. The summed E-state index contributed by atoms with van der Waals surface area (Å²) in [5.41, 5.74) is 4.21. The SMILES string of the molecule is CC(=O)Nc1cccc(-c2ccnc3c(C#N)c(-c4ccc(O)cc4)nn23)c1. The van der Waals surface area contributed by atoms with E-state index in [9.17, 15) is 15.2 Å². The minimum absolute atomic E-state index is 0.139.